The monoisotopic (exact) mass is 446 g/mol. The number of nitrogens with zero attached hydrogens (tertiary/aromatic N) is 2. The highest BCUT2D eigenvalue weighted by molar-refractivity contribution is 6.08. The molecule has 0 aliphatic carbocycles. The smallest absolute Gasteiger partial charge is 0.326 e. The van der Waals surface area contributed by atoms with Crippen molar-refractivity contribution < 1.29 is 27.6 Å². The molecule has 0 spiro atoms. The van der Waals surface area contributed by atoms with E-state index in [2.05, 4.69) is 5.32 Å². The van der Waals surface area contributed by atoms with E-state index >= 15 is 0 Å². The number of nitrogens with one attached hydrogen (secondary N) is 2. The Kier molecular flexibility index (Phi) is 5.41. The number of amides is 4. The van der Waals surface area contributed by atoms with Crippen molar-refractivity contribution in [3.8, 4) is 0 Å². The van der Waals surface area contributed by atoms with E-state index in [1.165, 1.54) is 37.3 Å². The number of imide groups is 1. The molecule has 2 aromatic carbocycles. The number of alkyl halides is 3. The van der Waals surface area contributed by atoms with E-state index in [0.717, 1.165) is 11.1 Å². The Balaban J connectivity index is 1.58. The van der Waals surface area contributed by atoms with Gasteiger partial charge in [-0.3, -0.25) is 14.5 Å². The number of urea groups is 1. The minimum atomic E-state index is -5.02. The molecule has 0 saturated carbocycles. The summed E-state index contributed by atoms with van der Waals surface area (Å²) in [5.74, 6) is -1.55. The Morgan fingerprint density at radius 2 is 1.84 bits per heavy atom. The average Bonchev–Trinajstić information content (AvgIpc) is 3.00. The van der Waals surface area contributed by atoms with Gasteiger partial charge in [0.2, 0.25) is 11.4 Å². The van der Waals surface area contributed by atoms with Crippen LogP contribution < -0.4 is 10.6 Å². The minimum absolute atomic E-state index is 0.204. The van der Waals surface area contributed by atoms with Crippen LogP contribution in [0.5, 0.6) is 0 Å². The van der Waals surface area contributed by atoms with E-state index in [-0.39, 0.29) is 18.1 Å². The molecule has 168 valence electrons. The van der Waals surface area contributed by atoms with Gasteiger partial charge in [0.1, 0.15) is 0 Å². The third kappa shape index (κ3) is 3.60. The summed E-state index contributed by atoms with van der Waals surface area (Å²) in [5.41, 5.74) is -0.954. The maximum Gasteiger partial charge on any atom is 0.425 e. The zero-order valence-corrected chi connectivity index (χ0v) is 17.2. The Morgan fingerprint density at radius 3 is 2.50 bits per heavy atom. The van der Waals surface area contributed by atoms with Crippen molar-refractivity contribution in [2.45, 2.75) is 31.6 Å². The fraction of sp³-hybridized carbons (Fsp3) is 0.318. The fourth-order valence-corrected chi connectivity index (χ4v) is 4.24. The van der Waals surface area contributed by atoms with Crippen LogP contribution in [0, 0.1) is 0 Å². The summed E-state index contributed by atoms with van der Waals surface area (Å²) in [7, 11) is 0. The maximum atomic E-state index is 14.1. The quantitative estimate of drug-likeness (QED) is 0.708. The minimum Gasteiger partial charge on any atom is -0.326 e. The van der Waals surface area contributed by atoms with E-state index in [4.69, 9.17) is 0 Å². The lowest BCUT2D eigenvalue weighted by Crippen LogP contribution is -2.56. The largest absolute Gasteiger partial charge is 0.425 e. The molecule has 0 radical (unpaired) electrons. The number of benzene rings is 2. The van der Waals surface area contributed by atoms with Gasteiger partial charge in [0, 0.05) is 25.7 Å². The van der Waals surface area contributed by atoms with Gasteiger partial charge in [-0.05, 0) is 29.2 Å². The first kappa shape index (κ1) is 21.8. The molecule has 1 fully saturated rings. The molecule has 0 bridgehead atoms. The van der Waals surface area contributed by atoms with Crippen molar-refractivity contribution in [1.82, 2.24) is 15.1 Å². The molecule has 1 unspecified atom stereocenters. The molecular weight excluding hydrogens is 425 g/mol. The van der Waals surface area contributed by atoms with Crippen LogP contribution >= 0.6 is 0 Å². The lowest BCUT2D eigenvalue weighted by molar-refractivity contribution is -0.198. The van der Waals surface area contributed by atoms with Crippen molar-refractivity contribution in [1.29, 1.82) is 0 Å². The van der Waals surface area contributed by atoms with Crippen LogP contribution in [0.15, 0.2) is 48.5 Å². The lowest BCUT2D eigenvalue weighted by Gasteiger charge is -2.33. The molecule has 2 aliphatic heterocycles. The number of hydrogen-bond acceptors (Lipinski definition) is 4. The molecule has 0 aromatic heterocycles. The van der Waals surface area contributed by atoms with Gasteiger partial charge < -0.3 is 10.6 Å². The van der Waals surface area contributed by atoms with Crippen LogP contribution in [-0.4, -0.2) is 47.0 Å². The average molecular weight is 446 g/mol. The zero-order chi connectivity index (χ0) is 23.1. The first-order chi connectivity index (χ1) is 15.1. The van der Waals surface area contributed by atoms with Crippen molar-refractivity contribution >= 4 is 23.5 Å². The van der Waals surface area contributed by atoms with E-state index in [1.54, 1.807) is 17.0 Å². The molecule has 2 N–H and O–H groups in total. The van der Waals surface area contributed by atoms with Crippen LogP contribution in [0.4, 0.5) is 23.7 Å². The Labute approximate surface area is 182 Å². The SMILES string of the molecule is CC(=O)Nc1cccc2c1CCN(CN1C(=O)NC(c3ccccc3)(C(F)(F)F)C1=O)C2. The van der Waals surface area contributed by atoms with Crippen molar-refractivity contribution in [2.75, 3.05) is 18.5 Å². The summed E-state index contributed by atoms with van der Waals surface area (Å²) in [5, 5.41) is 4.67. The van der Waals surface area contributed by atoms with Crippen LogP contribution in [-0.2, 0) is 28.1 Å². The molecular formula is C22H21F3N4O3. The van der Waals surface area contributed by atoms with E-state index in [1.807, 2.05) is 11.4 Å². The second-order valence-electron chi connectivity index (χ2n) is 7.85. The Bertz CT molecular complexity index is 1070. The predicted octanol–water partition coefficient (Wildman–Crippen LogP) is 2.97. The number of carbonyl (C=O) groups excluding carboxylic acids is 3. The predicted molar refractivity (Wildman–Crippen MR) is 109 cm³/mol. The topological polar surface area (TPSA) is 81.8 Å². The van der Waals surface area contributed by atoms with Crippen molar-refractivity contribution in [3.63, 3.8) is 0 Å². The number of rotatable bonds is 4. The standard InChI is InChI=1S/C22H21F3N4O3/c1-14(30)26-18-9-5-6-15-12-28(11-10-17(15)18)13-29-19(31)21(22(23,24)25,27-20(29)32)16-7-3-2-4-8-16/h2-9H,10-13H2,1H3,(H,26,30)(H,27,32). The van der Waals surface area contributed by atoms with Crippen LogP contribution in [0.1, 0.15) is 23.6 Å². The summed E-state index contributed by atoms with van der Waals surface area (Å²) in [6, 6.07) is 11.0. The normalized spacial score (nSPS) is 21.3. The van der Waals surface area contributed by atoms with Crippen LogP contribution in [0.2, 0.25) is 0 Å². The number of fused-ring (bicyclic) bond motifs is 1. The maximum absolute atomic E-state index is 14.1. The molecule has 2 heterocycles. The van der Waals surface area contributed by atoms with Gasteiger partial charge >= 0.3 is 12.2 Å². The van der Waals surface area contributed by atoms with E-state index < -0.39 is 23.7 Å². The zero-order valence-electron chi connectivity index (χ0n) is 17.2. The summed E-state index contributed by atoms with van der Waals surface area (Å²) in [4.78, 5) is 39.3. The molecule has 1 atom stereocenters. The third-order valence-corrected chi connectivity index (χ3v) is 5.73. The van der Waals surface area contributed by atoms with Gasteiger partial charge in [-0.15, -0.1) is 0 Å². The van der Waals surface area contributed by atoms with Crippen LogP contribution in [0.3, 0.4) is 0 Å². The molecule has 1 saturated heterocycles. The highest BCUT2D eigenvalue weighted by atomic mass is 19.4. The summed E-state index contributed by atoms with van der Waals surface area (Å²) >= 11 is 0. The molecule has 4 amide bonds. The molecule has 10 heteroatoms. The molecule has 2 aromatic rings. The van der Waals surface area contributed by atoms with Gasteiger partial charge in [0.05, 0.1) is 6.67 Å². The first-order valence-corrected chi connectivity index (χ1v) is 10.0. The molecule has 2 aliphatic rings. The number of halogens is 3. The fourth-order valence-electron chi connectivity index (χ4n) is 4.24. The lowest BCUT2D eigenvalue weighted by atomic mass is 9.89. The number of carbonyl (C=O) groups is 3. The summed E-state index contributed by atoms with van der Waals surface area (Å²) in [6.07, 6.45) is -4.50. The van der Waals surface area contributed by atoms with Gasteiger partial charge in [-0.1, -0.05) is 42.5 Å². The third-order valence-electron chi connectivity index (χ3n) is 5.73. The Morgan fingerprint density at radius 1 is 1.12 bits per heavy atom. The number of anilines is 1. The molecule has 32 heavy (non-hydrogen) atoms. The second-order valence-corrected chi connectivity index (χ2v) is 7.85. The van der Waals surface area contributed by atoms with Gasteiger partial charge in [-0.25, -0.2) is 9.69 Å². The van der Waals surface area contributed by atoms with Crippen molar-refractivity contribution in [3.05, 3.63) is 65.2 Å². The highest BCUT2D eigenvalue weighted by Gasteiger charge is 2.68. The van der Waals surface area contributed by atoms with E-state index in [0.29, 0.717) is 30.1 Å². The number of hydrogen-bond donors (Lipinski definition) is 2. The highest BCUT2D eigenvalue weighted by Crippen LogP contribution is 2.43. The van der Waals surface area contributed by atoms with Gasteiger partial charge in [0.15, 0.2) is 0 Å². The van der Waals surface area contributed by atoms with Crippen LogP contribution in [0.25, 0.3) is 0 Å². The Hall–Kier alpha value is -3.40. The second kappa shape index (κ2) is 7.94. The van der Waals surface area contributed by atoms with Crippen molar-refractivity contribution in [2.24, 2.45) is 0 Å². The van der Waals surface area contributed by atoms with E-state index in [9.17, 15) is 27.6 Å². The first-order valence-electron chi connectivity index (χ1n) is 10.0. The molecule has 4 rings (SSSR count). The molecule has 7 nitrogen and oxygen atoms in total. The summed E-state index contributed by atoms with van der Waals surface area (Å²) in [6.45, 7) is 1.86. The summed E-state index contributed by atoms with van der Waals surface area (Å²) < 4.78 is 42.3. The van der Waals surface area contributed by atoms with Gasteiger partial charge in [-0.2, -0.15) is 13.2 Å². The van der Waals surface area contributed by atoms with Gasteiger partial charge in [0.25, 0.3) is 5.91 Å².